The van der Waals surface area contributed by atoms with E-state index in [4.69, 9.17) is 26.1 Å². The SMILES string of the molecule is CS(=O)(=O)CCNCC1CCC(C2CCC3=NCNC(Nc4ccc(OCc5cccc(F)c5)c(Cl)c4)C3C2)O1. The molecule has 0 aromatic heterocycles. The molecule has 2 aliphatic heterocycles. The number of anilines is 1. The molecule has 0 amide bonds. The summed E-state index contributed by atoms with van der Waals surface area (Å²) in [6.45, 7) is 1.96. The zero-order chi connectivity index (χ0) is 28.1. The first-order valence-electron chi connectivity index (χ1n) is 14.0. The standard InChI is InChI=1S/C29H38ClFN4O4S/c1-40(36,37)12-11-32-16-23-7-10-27(39-23)20-5-8-26-24(14-20)29(34-18-33-26)35-22-6-9-28(25(30)15-22)38-17-19-3-2-4-21(31)13-19/h2-4,6,9,13,15,20,23-24,27,29,32,34-35H,5,7-8,10-12,14,16-18H2,1H3. The molecule has 1 saturated carbocycles. The van der Waals surface area contributed by atoms with Crippen LogP contribution in [0.25, 0.3) is 0 Å². The van der Waals surface area contributed by atoms with Gasteiger partial charge in [0.05, 0.1) is 35.8 Å². The van der Waals surface area contributed by atoms with Crippen molar-refractivity contribution in [1.29, 1.82) is 0 Å². The van der Waals surface area contributed by atoms with Crippen molar-refractivity contribution in [1.82, 2.24) is 10.6 Å². The number of sulfone groups is 1. The van der Waals surface area contributed by atoms with Gasteiger partial charge in [-0.2, -0.15) is 0 Å². The lowest BCUT2D eigenvalue weighted by molar-refractivity contribution is 0.00127. The Kier molecular flexibility index (Phi) is 9.63. The summed E-state index contributed by atoms with van der Waals surface area (Å²) in [6, 6.07) is 12.0. The summed E-state index contributed by atoms with van der Waals surface area (Å²) in [7, 11) is -2.96. The van der Waals surface area contributed by atoms with Gasteiger partial charge in [0.25, 0.3) is 0 Å². The quantitative estimate of drug-likeness (QED) is 0.333. The van der Waals surface area contributed by atoms with Gasteiger partial charge in [0.2, 0.25) is 0 Å². The molecule has 1 aliphatic carbocycles. The second kappa shape index (κ2) is 13.2. The number of halogens is 2. The fraction of sp³-hybridized carbons (Fsp3) is 0.552. The van der Waals surface area contributed by atoms with Gasteiger partial charge in [0.1, 0.15) is 28.0 Å². The highest BCUT2D eigenvalue weighted by molar-refractivity contribution is 7.90. The first kappa shape index (κ1) is 29.3. The van der Waals surface area contributed by atoms with Gasteiger partial charge in [-0.15, -0.1) is 0 Å². The summed E-state index contributed by atoms with van der Waals surface area (Å²) in [4.78, 5) is 4.77. The van der Waals surface area contributed by atoms with Gasteiger partial charge in [0.15, 0.2) is 0 Å². The molecule has 3 aliphatic rings. The van der Waals surface area contributed by atoms with Gasteiger partial charge >= 0.3 is 0 Å². The van der Waals surface area contributed by atoms with Crippen LogP contribution in [0.1, 0.15) is 37.7 Å². The number of nitrogens with zero attached hydrogens (tertiary/aromatic N) is 1. The minimum absolute atomic E-state index is 0.0280. The van der Waals surface area contributed by atoms with Crippen LogP contribution < -0.4 is 20.7 Å². The highest BCUT2D eigenvalue weighted by Gasteiger charge is 2.40. The van der Waals surface area contributed by atoms with E-state index < -0.39 is 9.84 Å². The van der Waals surface area contributed by atoms with Gasteiger partial charge in [0, 0.05) is 36.7 Å². The predicted octanol–water partition coefficient (Wildman–Crippen LogP) is 4.40. The maximum atomic E-state index is 13.5. The van der Waals surface area contributed by atoms with Crippen molar-refractivity contribution in [2.24, 2.45) is 16.8 Å². The van der Waals surface area contributed by atoms with E-state index in [1.54, 1.807) is 6.07 Å². The zero-order valence-electron chi connectivity index (χ0n) is 22.7. The molecule has 5 atom stereocenters. The van der Waals surface area contributed by atoms with E-state index in [2.05, 4.69) is 16.0 Å². The van der Waals surface area contributed by atoms with Crippen molar-refractivity contribution < 1.29 is 22.3 Å². The summed E-state index contributed by atoms with van der Waals surface area (Å²) >= 11 is 6.54. The molecule has 0 bridgehead atoms. The molecule has 40 heavy (non-hydrogen) atoms. The highest BCUT2D eigenvalue weighted by Crippen LogP contribution is 2.39. The molecule has 2 fully saturated rings. The van der Waals surface area contributed by atoms with Crippen molar-refractivity contribution in [2.75, 3.05) is 37.1 Å². The van der Waals surface area contributed by atoms with Crippen LogP contribution in [0, 0.1) is 17.7 Å². The molecule has 1 saturated heterocycles. The number of nitrogens with one attached hydrogen (secondary N) is 3. The maximum absolute atomic E-state index is 13.5. The highest BCUT2D eigenvalue weighted by atomic mass is 35.5. The molecular formula is C29H38ClFN4O4S. The third-order valence-corrected chi connectivity index (χ3v) is 9.22. The lowest BCUT2D eigenvalue weighted by atomic mass is 9.75. The topological polar surface area (TPSA) is 101 Å². The fourth-order valence-electron chi connectivity index (χ4n) is 5.93. The van der Waals surface area contributed by atoms with E-state index in [0.717, 1.165) is 43.4 Å². The molecular weight excluding hydrogens is 555 g/mol. The Morgan fingerprint density at radius 2 is 2.08 bits per heavy atom. The van der Waals surface area contributed by atoms with Gasteiger partial charge in [-0.3, -0.25) is 10.3 Å². The Morgan fingerprint density at radius 1 is 1.20 bits per heavy atom. The summed E-state index contributed by atoms with van der Waals surface area (Å²) in [5.41, 5.74) is 2.89. The van der Waals surface area contributed by atoms with Crippen LogP contribution in [-0.4, -0.2) is 64.3 Å². The average Bonchev–Trinajstić information content (AvgIpc) is 3.39. The van der Waals surface area contributed by atoms with Crippen LogP contribution in [0.15, 0.2) is 47.5 Å². The molecule has 8 nitrogen and oxygen atoms in total. The van der Waals surface area contributed by atoms with Crippen LogP contribution >= 0.6 is 11.6 Å². The number of rotatable bonds is 11. The van der Waals surface area contributed by atoms with E-state index in [0.29, 0.717) is 36.4 Å². The molecule has 5 rings (SSSR count). The molecule has 0 spiro atoms. The monoisotopic (exact) mass is 592 g/mol. The van der Waals surface area contributed by atoms with E-state index >= 15 is 0 Å². The summed E-state index contributed by atoms with van der Waals surface area (Å²) in [5.74, 6) is 1.11. The number of ether oxygens (including phenoxy) is 2. The number of hydrogen-bond donors (Lipinski definition) is 3. The van der Waals surface area contributed by atoms with E-state index in [9.17, 15) is 12.8 Å². The minimum Gasteiger partial charge on any atom is -0.487 e. The molecule has 2 aromatic rings. The van der Waals surface area contributed by atoms with Crippen molar-refractivity contribution in [2.45, 2.75) is 57.1 Å². The van der Waals surface area contributed by atoms with E-state index in [1.807, 2.05) is 24.3 Å². The van der Waals surface area contributed by atoms with Crippen molar-refractivity contribution in [3.63, 3.8) is 0 Å². The second-order valence-corrected chi connectivity index (χ2v) is 13.7. The van der Waals surface area contributed by atoms with Crippen molar-refractivity contribution in [3.8, 4) is 5.75 Å². The number of aliphatic imine (C=N–C) groups is 1. The summed E-state index contributed by atoms with van der Waals surface area (Å²) in [6.07, 6.45) is 6.69. The Morgan fingerprint density at radius 3 is 2.88 bits per heavy atom. The fourth-order valence-corrected chi connectivity index (χ4v) is 6.68. The lowest BCUT2D eigenvalue weighted by Gasteiger charge is -2.41. The normalized spacial score (nSPS) is 26.7. The summed E-state index contributed by atoms with van der Waals surface area (Å²) < 4.78 is 48.4. The van der Waals surface area contributed by atoms with Crippen LogP contribution in [0.2, 0.25) is 5.02 Å². The first-order chi connectivity index (χ1) is 19.2. The molecule has 2 heterocycles. The molecule has 0 radical (unpaired) electrons. The Bertz CT molecular complexity index is 1310. The molecule has 11 heteroatoms. The third kappa shape index (κ3) is 7.94. The van der Waals surface area contributed by atoms with E-state index in [1.165, 1.54) is 24.1 Å². The van der Waals surface area contributed by atoms with Gasteiger partial charge in [-0.05, 0) is 73.9 Å². The smallest absolute Gasteiger partial charge is 0.148 e. The Labute approximate surface area is 241 Å². The van der Waals surface area contributed by atoms with Crippen LogP contribution in [0.5, 0.6) is 5.75 Å². The van der Waals surface area contributed by atoms with E-state index in [-0.39, 0.29) is 42.5 Å². The molecule has 5 unspecified atom stereocenters. The van der Waals surface area contributed by atoms with Gasteiger partial charge in [-0.1, -0.05) is 23.7 Å². The molecule has 2 aromatic carbocycles. The first-order valence-corrected chi connectivity index (χ1v) is 16.4. The lowest BCUT2D eigenvalue weighted by Crippen LogP contribution is -2.52. The summed E-state index contributed by atoms with van der Waals surface area (Å²) in [5, 5.41) is 10.8. The largest absolute Gasteiger partial charge is 0.487 e. The van der Waals surface area contributed by atoms with Crippen LogP contribution in [0.3, 0.4) is 0 Å². The maximum Gasteiger partial charge on any atom is 0.148 e. The second-order valence-electron chi connectivity index (χ2n) is 11.0. The Hall–Kier alpha value is -2.24. The number of hydrogen-bond acceptors (Lipinski definition) is 8. The van der Waals surface area contributed by atoms with Crippen molar-refractivity contribution in [3.05, 3.63) is 58.9 Å². The average molecular weight is 593 g/mol. The Balaban J connectivity index is 1.14. The van der Waals surface area contributed by atoms with Crippen molar-refractivity contribution >= 4 is 32.8 Å². The van der Waals surface area contributed by atoms with Crippen LogP contribution in [-0.2, 0) is 21.2 Å². The van der Waals surface area contributed by atoms with Gasteiger partial charge < -0.3 is 20.1 Å². The number of benzene rings is 2. The van der Waals surface area contributed by atoms with Gasteiger partial charge in [-0.25, -0.2) is 12.8 Å². The van der Waals surface area contributed by atoms with Crippen LogP contribution in [0.4, 0.5) is 10.1 Å². The third-order valence-electron chi connectivity index (χ3n) is 7.98. The predicted molar refractivity (Wildman–Crippen MR) is 156 cm³/mol. The zero-order valence-corrected chi connectivity index (χ0v) is 24.3. The number of fused-ring (bicyclic) bond motifs is 1. The molecule has 3 N–H and O–H groups in total. The minimum atomic E-state index is -2.96. The molecule has 218 valence electrons.